The SMILES string of the molecule is C#Cc1ccc(C(C(=O)NCCC(=O)OCC)N(C(=O)C(CS)NC(=O)OC(C)(C)C)C(C)(C)CC)cc1. The van der Waals surface area contributed by atoms with Gasteiger partial charge in [0, 0.05) is 23.4 Å². The van der Waals surface area contributed by atoms with E-state index in [0.29, 0.717) is 17.5 Å². The largest absolute Gasteiger partial charge is 0.466 e. The van der Waals surface area contributed by atoms with Crippen molar-refractivity contribution in [1.82, 2.24) is 15.5 Å². The Morgan fingerprint density at radius 2 is 1.68 bits per heavy atom. The zero-order valence-corrected chi connectivity index (χ0v) is 24.3. The van der Waals surface area contributed by atoms with Crippen molar-refractivity contribution >= 4 is 36.5 Å². The van der Waals surface area contributed by atoms with E-state index in [-0.39, 0.29) is 25.3 Å². The molecule has 0 heterocycles. The van der Waals surface area contributed by atoms with Crippen molar-refractivity contribution in [2.24, 2.45) is 0 Å². The molecular formula is C28H41N3O6S. The molecule has 1 rings (SSSR count). The molecule has 0 bridgehead atoms. The molecule has 0 aromatic heterocycles. The number of ether oxygens (including phenoxy) is 2. The highest BCUT2D eigenvalue weighted by molar-refractivity contribution is 7.80. The first-order valence-electron chi connectivity index (χ1n) is 12.6. The lowest BCUT2D eigenvalue weighted by atomic mass is 9.92. The van der Waals surface area contributed by atoms with Gasteiger partial charge in [-0.15, -0.1) is 6.42 Å². The molecule has 2 atom stereocenters. The molecule has 0 saturated carbocycles. The first-order chi connectivity index (χ1) is 17.7. The van der Waals surface area contributed by atoms with Crippen molar-refractivity contribution in [3.8, 4) is 12.3 Å². The fraction of sp³-hybridized carbons (Fsp3) is 0.571. The fourth-order valence-corrected chi connectivity index (χ4v) is 3.79. The van der Waals surface area contributed by atoms with Crippen LogP contribution in [0.25, 0.3) is 0 Å². The number of benzene rings is 1. The molecule has 1 aromatic carbocycles. The smallest absolute Gasteiger partial charge is 0.408 e. The third kappa shape index (κ3) is 9.93. The minimum Gasteiger partial charge on any atom is -0.466 e. The Morgan fingerprint density at radius 3 is 2.16 bits per heavy atom. The van der Waals surface area contributed by atoms with Crippen LogP contribution < -0.4 is 10.6 Å². The molecular weight excluding hydrogens is 506 g/mol. The van der Waals surface area contributed by atoms with Gasteiger partial charge < -0.3 is 25.0 Å². The van der Waals surface area contributed by atoms with Gasteiger partial charge in [-0.3, -0.25) is 14.4 Å². The van der Waals surface area contributed by atoms with Crippen molar-refractivity contribution < 1.29 is 28.7 Å². The van der Waals surface area contributed by atoms with Crippen molar-refractivity contribution in [3.63, 3.8) is 0 Å². The van der Waals surface area contributed by atoms with Gasteiger partial charge in [0.2, 0.25) is 11.8 Å². The van der Waals surface area contributed by atoms with E-state index in [1.54, 1.807) is 52.0 Å². The molecule has 1 aromatic rings. The summed E-state index contributed by atoms with van der Waals surface area (Å²) in [5.74, 6) is 1.07. The van der Waals surface area contributed by atoms with Gasteiger partial charge in [-0.1, -0.05) is 25.0 Å². The van der Waals surface area contributed by atoms with Gasteiger partial charge in [-0.2, -0.15) is 12.6 Å². The van der Waals surface area contributed by atoms with Gasteiger partial charge in [0.1, 0.15) is 17.7 Å². The van der Waals surface area contributed by atoms with Crippen LogP contribution in [0.1, 0.15) is 78.5 Å². The molecule has 9 nitrogen and oxygen atoms in total. The number of nitrogens with zero attached hydrogens (tertiary/aromatic N) is 1. The lowest BCUT2D eigenvalue weighted by molar-refractivity contribution is -0.149. The zero-order chi connectivity index (χ0) is 29.1. The Bertz CT molecular complexity index is 1010. The molecule has 3 amide bonds. The molecule has 0 aliphatic heterocycles. The number of thiol groups is 1. The van der Waals surface area contributed by atoms with E-state index >= 15 is 0 Å². The van der Waals surface area contributed by atoms with Crippen molar-refractivity contribution in [1.29, 1.82) is 0 Å². The van der Waals surface area contributed by atoms with E-state index in [2.05, 4.69) is 29.2 Å². The monoisotopic (exact) mass is 547 g/mol. The highest BCUT2D eigenvalue weighted by atomic mass is 32.1. The summed E-state index contributed by atoms with van der Waals surface area (Å²) in [5, 5.41) is 5.34. The third-order valence-corrected chi connectivity index (χ3v) is 6.12. The van der Waals surface area contributed by atoms with Gasteiger partial charge in [0.25, 0.3) is 0 Å². The molecule has 0 saturated heterocycles. The Balaban J connectivity index is 3.48. The molecule has 0 radical (unpaired) electrons. The standard InChI is InChI=1S/C28H41N3O6S/c1-9-19-12-14-20(15-13-19)23(24(33)29-17-16-22(32)36-11-3)31(28(7,8)10-2)25(34)21(18-38)30-26(35)37-27(4,5)6/h1,12-15,21,23,38H,10-11,16-18H2,2-8H3,(H,29,33)(H,30,35). The number of nitrogens with one attached hydrogen (secondary N) is 2. The van der Waals surface area contributed by atoms with Gasteiger partial charge in [-0.05, 0) is 65.7 Å². The third-order valence-electron chi connectivity index (χ3n) is 5.76. The van der Waals surface area contributed by atoms with E-state index in [0.717, 1.165) is 0 Å². The second-order valence-corrected chi connectivity index (χ2v) is 10.6. The first-order valence-corrected chi connectivity index (χ1v) is 13.3. The van der Waals surface area contributed by atoms with E-state index in [9.17, 15) is 19.2 Å². The lowest BCUT2D eigenvalue weighted by Crippen LogP contribution is -2.60. The van der Waals surface area contributed by atoms with Crippen LogP contribution in [0.4, 0.5) is 4.79 Å². The molecule has 0 spiro atoms. The number of esters is 1. The van der Waals surface area contributed by atoms with Crippen molar-refractivity contribution in [3.05, 3.63) is 35.4 Å². The normalized spacial score (nSPS) is 12.9. The summed E-state index contributed by atoms with van der Waals surface area (Å²) in [6.45, 7) is 12.7. The van der Waals surface area contributed by atoms with Crippen molar-refractivity contribution in [2.75, 3.05) is 18.9 Å². The second-order valence-electron chi connectivity index (χ2n) is 10.3. The first kappa shape index (κ1) is 32.8. The molecule has 2 N–H and O–H groups in total. The highest BCUT2D eigenvalue weighted by Crippen LogP contribution is 2.32. The number of carbonyl (C=O) groups is 4. The molecule has 2 unspecified atom stereocenters. The number of hydrogen-bond donors (Lipinski definition) is 3. The van der Waals surface area contributed by atoms with Gasteiger partial charge in [-0.25, -0.2) is 4.79 Å². The molecule has 10 heteroatoms. The van der Waals surface area contributed by atoms with Crippen LogP contribution in [0, 0.1) is 12.3 Å². The van der Waals surface area contributed by atoms with Gasteiger partial charge in [0.05, 0.1) is 13.0 Å². The summed E-state index contributed by atoms with van der Waals surface area (Å²) in [6.07, 6.45) is 5.21. The molecule has 0 aliphatic carbocycles. The quantitative estimate of drug-likeness (QED) is 0.209. The maximum atomic E-state index is 14.0. The number of hydrogen-bond acceptors (Lipinski definition) is 7. The summed E-state index contributed by atoms with van der Waals surface area (Å²) < 4.78 is 10.3. The number of amides is 3. The predicted octanol–water partition coefficient (Wildman–Crippen LogP) is 3.62. The Hall–Kier alpha value is -3.19. The maximum absolute atomic E-state index is 14.0. The lowest BCUT2D eigenvalue weighted by Gasteiger charge is -2.44. The van der Waals surface area contributed by atoms with Crippen molar-refractivity contribution in [2.45, 2.75) is 84.5 Å². The number of terminal acetylenes is 1. The number of rotatable bonds is 12. The zero-order valence-electron chi connectivity index (χ0n) is 23.4. The summed E-state index contributed by atoms with van der Waals surface area (Å²) >= 11 is 4.30. The van der Waals surface area contributed by atoms with Crippen LogP contribution in [-0.2, 0) is 23.9 Å². The molecule has 210 valence electrons. The Morgan fingerprint density at radius 1 is 1.08 bits per heavy atom. The molecule has 0 fully saturated rings. The van der Waals surface area contributed by atoms with Gasteiger partial charge in [0.15, 0.2) is 0 Å². The van der Waals surface area contributed by atoms with Crippen LogP contribution in [-0.4, -0.2) is 64.9 Å². The summed E-state index contributed by atoms with van der Waals surface area (Å²) in [4.78, 5) is 53.4. The average Bonchev–Trinajstić information content (AvgIpc) is 2.84. The Kier molecular flexibility index (Phi) is 12.7. The van der Waals surface area contributed by atoms with E-state index in [1.165, 1.54) is 4.90 Å². The fourth-order valence-electron chi connectivity index (χ4n) is 3.55. The average molecular weight is 548 g/mol. The van der Waals surface area contributed by atoms with E-state index in [4.69, 9.17) is 15.9 Å². The van der Waals surface area contributed by atoms with E-state index < -0.39 is 47.1 Å². The number of carbonyl (C=O) groups excluding carboxylic acids is 4. The molecule has 0 aliphatic rings. The summed E-state index contributed by atoms with van der Waals surface area (Å²) in [7, 11) is 0. The van der Waals surface area contributed by atoms with E-state index in [1.807, 2.05) is 20.8 Å². The van der Waals surface area contributed by atoms with Crippen LogP contribution >= 0.6 is 12.6 Å². The minimum absolute atomic E-state index is 0.0209. The summed E-state index contributed by atoms with van der Waals surface area (Å²) in [6, 6.07) is 4.59. The highest BCUT2D eigenvalue weighted by Gasteiger charge is 2.42. The van der Waals surface area contributed by atoms with Gasteiger partial charge >= 0.3 is 12.1 Å². The van der Waals surface area contributed by atoms with Crippen LogP contribution in [0.3, 0.4) is 0 Å². The van der Waals surface area contributed by atoms with Crippen LogP contribution in [0.2, 0.25) is 0 Å². The topological polar surface area (TPSA) is 114 Å². The van der Waals surface area contributed by atoms with Crippen LogP contribution in [0.5, 0.6) is 0 Å². The minimum atomic E-state index is -1.09. The predicted molar refractivity (Wildman–Crippen MR) is 150 cm³/mol. The molecule has 38 heavy (non-hydrogen) atoms. The maximum Gasteiger partial charge on any atom is 0.408 e. The number of alkyl carbamates (subject to hydrolysis) is 1. The summed E-state index contributed by atoms with van der Waals surface area (Å²) in [5.41, 5.74) is -0.455. The second kappa shape index (κ2) is 14.7. The Labute approximate surface area is 231 Å². The van der Waals surface area contributed by atoms with Crippen LogP contribution in [0.15, 0.2) is 24.3 Å².